The topological polar surface area (TPSA) is 66.8 Å². The van der Waals surface area contributed by atoms with E-state index in [2.05, 4.69) is 0 Å². The van der Waals surface area contributed by atoms with Gasteiger partial charge in [-0.2, -0.15) is 0 Å². The Kier molecular flexibility index (Phi) is 2.56. The van der Waals surface area contributed by atoms with Crippen molar-refractivity contribution in [1.29, 1.82) is 0 Å². The number of aliphatic carboxylic acids is 1. The SMILES string of the molecule is O=C(ON1CC2C(C(=O)O)[C@@H]2C1)c1ccccc1. The van der Waals surface area contributed by atoms with Gasteiger partial charge in [-0.1, -0.05) is 18.2 Å². The van der Waals surface area contributed by atoms with Crippen LogP contribution in [-0.4, -0.2) is 35.2 Å². The van der Waals surface area contributed by atoms with Crippen molar-refractivity contribution in [3.8, 4) is 0 Å². The molecule has 5 nitrogen and oxygen atoms in total. The zero-order valence-electron chi connectivity index (χ0n) is 9.65. The largest absolute Gasteiger partial charge is 0.481 e. The van der Waals surface area contributed by atoms with Crippen LogP contribution in [0.2, 0.25) is 0 Å². The first-order valence-electron chi connectivity index (χ1n) is 5.92. The number of hydroxylamine groups is 2. The molecule has 2 fully saturated rings. The third-order valence-corrected chi connectivity index (χ3v) is 3.67. The summed E-state index contributed by atoms with van der Waals surface area (Å²) in [6.07, 6.45) is 0. The quantitative estimate of drug-likeness (QED) is 0.863. The number of benzene rings is 1. The molecule has 5 heteroatoms. The Morgan fingerprint density at radius 2 is 1.78 bits per heavy atom. The predicted octanol–water partition coefficient (Wildman–Crippen LogP) is 1.02. The Labute approximate surface area is 104 Å². The van der Waals surface area contributed by atoms with Crippen molar-refractivity contribution in [2.24, 2.45) is 17.8 Å². The molecule has 1 N–H and O–H groups in total. The minimum atomic E-state index is -0.737. The second-order valence-corrected chi connectivity index (χ2v) is 4.78. The number of hydrogen-bond donors (Lipinski definition) is 1. The third-order valence-electron chi connectivity index (χ3n) is 3.67. The molecule has 1 aromatic carbocycles. The summed E-state index contributed by atoms with van der Waals surface area (Å²) < 4.78 is 0. The fourth-order valence-electron chi connectivity index (χ4n) is 2.67. The van der Waals surface area contributed by atoms with Gasteiger partial charge >= 0.3 is 11.9 Å². The molecule has 1 aromatic rings. The Hall–Kier alpha value is -1.88. The summed E-state index contributed by atoms with van der Waals surface area (Å²) in [5.41, 5.74) is 0.507. The highest BCUT2D eigenvalue weighted by Gasteiger charge is 2.60. The van der Waals surface area contributed by atoms with E-state index in [1.165, 1.54) is 0 Å². The molecule has 0 bridgehead atoms. The number of carbonyl (C=O) groups is 2. The average Bonchev–Trinajstić information content (AvgIpc) is 2.89. The fourth-order valence-corrected chi connectivity index (χ4v) is 2.67. The summed E-state index contributed by atoms with van der Waals surface area (Å²) in [5.74, 6) is -1.07. The van der Waals surface area contributed by atoms with E-state index < -0.39 is 5.97 Å². The lowest BCUT2D eigenvalue weighted by Gasteiger charge is -2.17. The molecule has 3 rings (SSSR count). The monoisotopic (exact) mass is 247 g/mol. The van der Waals surface area contributed by atoms with Crippen LogP contribution < -0.4 is 0 Å². The van der Waals surface area contributed by atoms with Gasteiger partial charge in [0.25, 0.3) is 0 Å². The highest BCUT2D eigenvalue weighted by atomic mass is 16.7. The van der Waals surface area contributed by atoms with Crippen molar-refractivity contribution in [2.45, 2.75) is 0 Å². The molecular formula is C13H13NO4. The van der Waals surface area contributed by atoms with Gasteiger partial charge in [-0.3, -0.25) is 4.79 Å². The Balaban J connectivity index is 1.55. The van der Waals surface area contributed by atoms with E-state index >= 15 is 0 Å². The summed E-state index contributed by atoms with van der Waals surface area (Å²) in [6.45, 7) is 1.06. The molecular weight excluding hydrogens is 234 g/mol. The smallest absolute Gasteiger partial charge is 0.357 e. The maximum atomic E-state index is 11.8. The second kappa shape index (κ2) is 4.10. The van der Waals surface area contributed by atoms with E-state index in [4.69, 9.17) is 9.94 Å². The van der Waals surface area contributed by atoms with Gasteiger partial charge in [0.15, 0.2) is 0 Å². The van der Waals surface area contributed by atoms with Crippen LogP contribution in [0.4, 0.5) is 0 Å². The van der Waals surface area contributed by atoms with Crippen LogP contribution in [0.1, 0.15) is 10.4 Å². The van der Waals surface area contributed by atoms with E-state index in [1.54, 1.807) is 29.3 Å². The van der Waals surface area contributed by atoms with E-state index in [9.17, 15) is 9.59 Å². The number of carboxylic acid groups (broad SMARTS) is 1. The molecule has 2 aliphatic rings. The molecule has 0 radical (unpaired) electrons. The maximum absolute atomic E-state index is 11.8. The first kappa shape index (κ1) is 11.2. The summed E-state index contributed by atoms with van der Waals surface area (Å²) in [6, 6.07) is 8.77. The second-order valence-electron chi connectivity index (χ2n) is 4.78. The van der Waals surface area contributed by atoms with Crippen molar-refractivity contribution < 1.29 is 19.5 Å². The first-order chi connectivity index (χ1) is 8.66. The lowest BCUT2D eigenvalue weighted by atomic mass is 10.2. The Morgan fingerprint density at radius 1 is 1.17 bits per heavy atom. The molecule has 0 aromatic heterocycles. The molecule has 2 unspecified atom stereocenters. The molecule has 3 atom stereocenters. The molecule has 18 heavy (non-hydrogen) atoms. The van der Waals surface area contributed by atoms with Gasteiger partial charge in [0.05, 0.1) is 11.5 Å². The number of fused-ring (bicyclic) bond motifs is 1. The number of hydrogen-bond acceptors (Lipinski definition) is 4. The molecule has 94 valence electrons. The zero-order valence-corrected chi connectivity index (χ0v) is 9.65. The highest BCUT2D eigenvalue weighted by Crippen LogP contribution is 2.51. The molecule has 1 saturated heterocycles. The Morgan fingerprint density at radius 3 is 2.33 bits per heavy atom. The lowest BCUT2D eigenvalue weighted by molar-refractivity contribution is -0.142. The number of piperidine rings is 1. The van der Waals surface area contributed by atoms with Crippen LogP contribution in [-0.2, 0) is 9.63 Å². The van der Waals surface area contributed by atoms with Gasteiger partial charge in [0.2, 0.25) is 0 Å². The molecule has 1 aliphatic heterocycles. The van der Waals surface area contributed by atoms with Crippen LogP contribution in [0.5, 0.6) is 0 Å². The van der Waals surface area contributed by atoms with Crippen molar-refractivity contribution in [3.05, 3.63) is 35.9 Å². The molecule has 0 spiro atoms. The number of carbonyl (C=O) groups excluding carboxylic acids is 1. The van der Waals surface area contributed by atoms with E-state index in [0.29, 0.717) is 18.7 Å². The number of nitrogens with zero attached hydrogens (tertiary/aromatic N) is 1. The molecule has 0 amide bonds. The highest BCUT2D eigenvalue weighted by molar-refractivity contribution is 5.89. The first-order valence-corrected chi connectivity index (χ1v) is 5.92. The van der Waals surface area contributed by atoms with Gasteiger partial charge in [-0.15, -0.1) is 5.06 Å². The molecule has 1 aliphatic carbocycles. The van der Waals surface area contributed by atoms with Gasteiger partial charge in [-0.25, -0.2) is 4.79 Å². The summed E-state index contributed by atoms with van der Waals surface area (Å²) in [7, 11) is 0. The Bertz CT molecular complexity index is 475. The minimum absolute atomic E-state index is 0.145. The van der Waals surface area contributed by atoms with Crippen molar-refractivity contribution in [1.82, 2.24) is 5.06 Å². The molecule has 1 saturated carbocycles. The number of carboxylic acids is 1. The van der Waals surface area contributed by atoms with E-state index in [-0.39, 0.29) is 23.7 Å². The van der Waals surface area contributed by atoms with E-state index in [1.807, 2.05) is 6.07 Å². The normalized spacial score (nSPS) is 29.7. The van der Waals surface area contributed by atoms with Gasteiger partial charge in [0.1, 0.15) is 0 Å². The maximum Gasteiger partial charge on any atom is 0.357 e. The van der Waals surface area contributed by atoms with Crippen molar-refractivity contribution >= 4 is 11.9 Å². The fraction of sp³-hybridized carbons (Fsp3) is 0.385. The summed E-state index contributed by atoms with van der Waals surface area (Å²) in [5, 5.41) is 10.5. The van der Waals surface area contributed by atoms with Crippen LogP contribution in [0.15, 0.2) is 30.3 Å². The zero-order chi connectivity index (χ0) is 12.7. The van der Waals surface area contributed by atoms with Crippen LogP contribution in [0, 0.1) is 17.8 Å². The average molecular weight is 247 g/mol. The lowest BCUT2D eigenvalue weighted by Crippen LogP contribution is -2.29. The van der Waals surface area contributed by atoms with Crippen LogP contribution >= 0.6 is 0 Å². The van der Waals surface area contributed by atoms with Crippen molar-refractivity contribution in [3.63, 3.8) is 0 Å². The van der Waals surface area contributed by atoms with Gasteiger partial charge < -0.3 is 9.94 Å². The minimum Gasteiger partial charge on any atom is -0.481 e. The summed E-state index contributed by atoms with van der Waals surface area (Å²) in [4.78, 5) is 27.8. The standard InChI is InChI=1S/C13H13NO4/c15-12(16)11-9-6-14(7-10(9)11)18-13(17)8-4-2-1-3-5-8/h1-5,9-11H,6-7H2,(H,15,16)/t9-,10?,11?/m1/s1. The van der Waals surface area contributed by atoms with E-state index in [0.717, 1.165) is 0 Å². The molecule has 1 heterocycles. The third kappa shape index (κ3) is 1.86. The predicted molar refractivity (Wildman–Crippen MR) is 61.5 cm³/mol. The van der Waals surface area contributed by atoms with Crippen LogP contribution in [0.3, 0.4) is 0 Å². The van der Waals surface area contributed by atoms with Crippen LogP contribution in [0.25, 0.3) is 0 Å². The summed E-state index contributed by atoms with van der Waals surface area (Å²) >= 11 is 0. The number of rotatable bonds is 3. The van der Waals surface area contributed by atoms with Gasteiger partial charge in [0, 0.05) is 13.1 Å². The van der Waals surface area contributed by atoms with Gasteiger partial charge in [-0.05, 0) is 24.0 Å². The van der Waals surface area contributed by atoms with Crippen molar-refractivity contribution in [2.75, 3.05) is 13.1 Å².